The van der Waals surface area contributed by atoms with Crippen LogP contribution in [0.4, 0.5) is 0 Å². The molecule has 3 aliphatic rings. The van der Waals surface area contributed by atoms with Crippen LogP contribution in [0.15, 0.2) is 48.5 Å². The fraction of sp³-hybridized carbons (Fsp3) is 0.571. The average Bonchev–Trinajstić information content (AvgIpc) is 3.06. The first-order chi connectivity index (χ1) is 21.4. The van der Waals surface area contributed by atoms with E-state index >= 15 is 0 Å². The van der Waals surface area contributed by atoms with E-state index in [1.54, 1.807) is 7.05 Å². The molecule has 5 atom stereocenters. The lowest BCUT2D eigenvalue weighted by molar-refractivity contribution is -0.144. The van der Waals surface area contributed by atoms with Gasteiger partial charge in [0, 0.05) is 26.1 Å². The van der Waals surface area contributed by atoms with Gasteiger partial charge in [-0.15, -0.1) is 0 Å². The van der Waals surface area contributed by atoms with Crippen molar-refractivity contribution in [1.29, 1.82) is 0 Å². The minimum Gasteiger partial charge on any atom is -0.489 e. The van der Waals surface area contributed by atoms with Crippen molar-refractivity contribution in [2.45, 2.75) is 94.9 Å². The number of hydrogen-bond donors (Lipinski definition) is 4. The molecule has 0 aromatic heterocycles. The second-order valence-corrected chi connectivity index (χ2v) is 12.7. The van der Waals surface area contributed by atoms with Gasteiger partial charge in [-0.2, -0.15) is 0 Å². The Labute approximate surface area is 261 Å². The van der Waals surface area contributed by atoms with E-state index in [2.05, 4.69) is 34.1 Å². The van der Waals surface area contributed by atoms with E-state index in [9.17, 15) is 19.5 Å². The highest BCUT2D eigenvalue weighted by atomic mass is 16.5. The molecule has 3 unspecified atom stereocenters. The first kappa shape index (κ1) is 32.0. The summed E-state index contributed by atoms with van der Waals surface area (Å²) in [7, 11) is 1.58. The van der Waals surface area contributed by atoms with Gasteiger partial charge < -0.3 is 30.7 Å². The summed E-state index contributed by atoms with van der Waals surface area (Å²) in [5.74, 6) is -0.342. The van der Waals surface area contributed by atoms with Crippen LogP contribution in [-0.2, 0) is 27.2 Å². The maximum Gasteiger partial charge on any atom is 0.245 e. The van der Waals surface area contributed by atoms with Crippen LogP contribution in [-0.4, -0.2) is 78.7 Å². The summed E-state index contributed by atoms with van der Waals surface area (Å²) in [4.78, 5) is 42.8. The van der Waals surface area contributed by atoms with Crippen LogP contribution in [0.2, 0.25) is 0 Å². The zero-order valence-electron chi connectivity index (χ0n) is 26.1. The maximum absolute atomic E-state index is 14.1. The highest BCUT2D eigenvalue weighted by Crippen LogP contribution is 2.33. The van der Waals surface area contributed by atoms with Crippen LogP contribution < -0.4 is 20.7 Å². The number of fused-ring (bicyclic) bond motifs is 1. The molecule has 0 radical (unpaired) electrons. The highest BCUT2D eigenvalue weighted by Gasteiger charge is 2.38. The predicted octanol–water partition coefficient (Wildman–Crippen LogP) is 3.09. The first-order valence-electron chi connectivity index (χ1n) is 16.4. The van der Waals surface area contributed by atoms with Gasteiger partial charge >= 0.3 is 0 Å². The Morgan fingerprint density at radius 2 is 1.64 bits per heavy atom. The van der Waals surface area contributed by atoms with Crippen LogP contribution >= 0.6 is 0 Å². The number of amides is 3. The van der Waals surface area contributed by atoms with E-state index in [0.29, 0.717) is 13.1 Å². The van der Waals surface area contributed by atoms with Crippen molar-refractivity contribution in [2.24, 2.45) is 5.92 Å². The average molecular weight is 605 g/mol. The number of rotatable bonds is 4. The third-order valence-electron chi connectivity index (χ3n) is 9.77. The second kappa shape index (κ2) is 15.0. The van der Waals surface area contributed by atoms with Gasteiger partial charge in [0.15, 0.2) is 0 Å². The molecule has 2 aliphatic heterocycles. The van der Waals surface area contributed by atoms with E-state index in [0.717, 1.165) is 74.7 Å². The third-order valence-corrected chi connectivity index (χ3v) is 9.77. The van der Waals surface area contributed by atoms with Gasteiger partial charge in [-0.3, -0.25) is 14.4 Å². The van der Waals surface area contributed by atoms with Gasteiger partial charge in [-0.05, 0) is 61.1 Å². The first-order valence-corrected chi connectivity index (χ1v) is 16.4. The van der Waals surface area contributed by atoms with Gasteiger partial charge in [0.25, 0.3) is 0 Å². The number of aliphatic hydroxyl groups excluding tert-OH is 1. The van der Waals surface area contributed by atoms with Gasteiger partial charge in [-0.1, -0.05) is 74.7 Å². The van der Waals surface area contributed by atoms with Crippen LogP contribution in [0.1, 0.15) is 74.5 Å². The molecule has 2 aromatic rings. The Hall–Kier alpha value is -3.43. The molecule has 1 saturated carbocycles. The number of para-hydroxylation sites is 1. The lowest BCUT2D eigenvalue weighted by atomic mass is 9.83. The van der Waals surface area contributed by atoms with Gasteiger partial charge in [-0.25, -0.2) is 0 Å². The Morgan fingerprint density at radius 3 is 2.36 bits per heavy atom. The largest absolute Gasteiger partial charge is 0.489 e. The number of aliphatic hydroxyl groups is 1. The van der Waals surface area contributed by atoms with E-state index < -0.39 is 30.6 Å². The fourth-order valence-corrected chi connectivity index (χ4v) is 7.02. The molecule has 1 aliphatic carbocycles. The molecular weight excluding hydrogens is 556 g/mol. The molecule has 4 N–H and O–H groups in total. The third kappa shape index (κ3) is 7.44. The molecule has 1 fully saturated rings. The standard InChI is InChI=1S/C35H48N4O5/c1-23(24-11-5-3-6-12-24)30-34(42)36-20-10-17-26-15-9-16-27-18-19-28(44-32(26)27)21-37-31(25-13-7-4-8-14-25)35(43)39(2)29(22-40)33(41)38-30/h3,5-6,9,11-12,15-16,23,25,28-31,37,40H,4,7-8,10,13-14,17-22H2,1-2H3,(H,36,42)(H,38,41)/t23?,28?,29-,30?,31-/m0/s1. The van der Waals surface area contributed by atoms with Crippen molar-refractivity contribution in [2.75, 3.05) is 26.7 Å². The zero-order valence-corrected chi connectivity index (χ0v) is 26.1. The number of ether oxygens (including phenoxy) is 1. The van der Waals surface area contributed by atoms with Gasteiger partial charge in [0.1, 0.15) is 23.9 Å². The molecule has 9 heteroatoms. The molecule has 0 saturated heterocycles. The Kier molecular flexibility index (Phi) is 10.9. The lowest BCUT2D eigenvalue weighted by Gasteiger charge is -2.37. The molecule has 5 rings (SSSR count). The number of aryl methyl sites for hydroxylation is 2. The van der Waals surface area contributed by atoms with Crippen LogP contribution in [0.5, 0.6) is 5.75 Å². The minimum absolute atomic E-state index is 0.0800. The van der Waals surface area contributed by atoms with Crippen molar-refractivity contribution in [3.05, 3.63) is 65.2 Å². The highest BCUT2D eigenvalue weighted by molar-refractivity contribution is 5.93. The van der Waals surface area contributed by atoms with Crippen LogP contribution in [0.3, 0.4) is 0 Å². The number of hydrogen-bond acceptors (Lipinski definition) is 6. The molecule has 9 nitrogen and oxygen atoms in total. The zero-order chi connectivity index (χ0) is 31.1. The summed E-state index contributed by atoms with van der Waals surface area (Å²) in [6.07, 6.45) is 8.29. The van der Waals surface area contributed by atoms with Crippen molar-refractivity contribution in [1.82, 2.24) is 20.9 Å². The number of benzene rings is 2. The van der Waals surface area contributed by atoms with E-state index in [1.807, 2.05) is 37.3 Å². The maximum atomic E-state index is 14.1. The summed E-state index contributed by atoms with van der Waals surface area (Å²) < 4.78 is 6.56. The summed E-state index contributed by atoms with van der Waals surface area (Å²) in [6.45, 7) is 2.32. The molecule has 2 bridgehead atoms. The monoisotopic (exact) mass is 604 g/mol. The SMILES string of the molecule is CC(c1ccccc1)C1NC(=O)[C@H](CO)N(C)C(=O)[C@H](C2CCCCC2)NCC2CCc3cccc(c3O2)CCCNC1=O. The Balaban J connectivity index is 1.45. The van der Waals surface area contributed by atoms with Crippen LogP contribution in [0, 0.1) is 5.92 Å². The summed E-state index contributed by atoms with van der Waals surface area (Å²) in [6, 6.07) is 13.3. The Bertz CT molecular complexity index is 1280. The molecule has 44 heavy (non-hydrogen) atoms. The topological polar surface area (TPSA) is 120 Å². The fourth-order valence-electron chi connectivity index (χ4n) is 7.02. The normalized spacial score (nSPS) is 26.9. The molecule has 3 amide bonds. The lowest BCUT2D eigenvalue weighted by Crippen LogP contribution is -2.60. The van der Waals surface area contributed by atoms with Crippen LogP contribution in [0.25, 0.3) is 0 Å². The number of likely N-dealkylation sites (N-methyl/N-ethyl adjacent to an activating group) is 1. The van der Waals surface area contributed by atoms with Crippen molar-refractivity contribution in [3.8, 4) is 5.75 Å². The number of carbonyl (C=O) groups excluding carboxylic acids is 3. The molecule has 2 heterocycles. The summed E-state index contributed by atoms with van der Waals surface area (Å²) >= 11 is 0. The van der Waals surface area contributed by atoms with E-state index in [-0.39, 0.29) is 29.8 Å². The second-order valence-electron chi connectivity index (χ2n) is 12.7. The number of nitrogens with zero attached hydrogens (tertiary/aromatic N) is 1. The van der Waals surface area contributed by atoms with Crippen molar-refractivity contribution < 1.29 is 24.2 Å². The number of nitrogens with one attached hydrogen (secondary N) is 3. The molecule has 2 aromatic carbocycles. The molecular formula is C35H48N4O5. The van der Waals surface area contributed by atoms with E-state index in [4.69, 9.17) is 4.74 Å². The summed E-state index contributed by atoms with van der Waals surface area (Å²) in [5.41, 5.74) is 3.22. The molecule has 0 spiro atoms. The summed E-state index contributed by atoms with van der Waals surface area (Å²) in [5, 5.41) is 19.9. The van der Waals surface area contributed by atoms with Crippen molar-refractivity contribution >= 4 is 17.7 Å². The quantitative estimate of drug-likeness (QED) is 0.426. The predicted molar refractivity (Wildman–Crippen MR) is 169 cm³/mol. The van der Waals surface area contributed by atoms with E-state index in [1.165, 1.54) is 10.5 Å². The smallest absolute Gasteiger partial charge is 0.245 e. The minimum atomic E-state index is -1.13. The van der Waals surface area contributed by atoms with Gasteiger partial charge in [0.05, 0.1) is 12.6 Å². The van der Waals surface area contributed by atoms with Crippen molar-refractivity contribution in [3.63, 3.8) is 0 Å². The van der Waals surface area contributed by atoms with Gasteiger partial charge in [0.2, 0.25) is 17.7 Å². The number of carbonyl (C=O) groups is 3. The molecule has 238 valence electrons. The Morgan fingerprint density at radius 1 is 0.909 bits per heavy atom.